The average Bonchev–Trinajstić information content (AvgIpc) is 2.89. The van der Waals surface area contributed by atoms with E-state index in [0.29, 0.717) is 22.8 Å². The second-order valence-electron chi connectivity index (χ2n) is 8.30. The molecule has 0 unspecified atom stereocenters. The Bertz CT molecular complexity index is 1110. The number of nitriles is 1. The molecular formula is C27H32N6OS. The predicted molar refractivity (Wildman–Crippen MR) is 143 cm³/mol. The number of benzene rings is 2. The van der Waals surface area contributed by atoms with Gasteiger partial charge >= 0.3 is 0 Å². The molecular weight excluding hydrogens is 456 g/mol. The molecule has 1 heterocycles. The molecule has 0 atom stereocenters. The normalized spacial score (nSPS) is 10.7. The molecule has 8 heteroatoms. The molecule has 0 radical (unpaired) electrons. The Labute approximate surface area is 212 Å². The third kappa shape index (κ3) is 9.04. The maximum absolute atomic E-state index is 12.4. The quantitative estimate of drug-likeness (QED) is 0.227. The van der Waals surface area contributed by atoms with Crippen LogP contribution in [-0.2, 0) is 0 Å². The lowest BCUT2D eigenvalue weighted by atomic mass is 10.1. The highest BCUT2D eigenvalue weighted by Crippen LogP contribution is 2.22. The lowest BCUT2D eigenvalue weighted by Gasteiger charge is -2.15. The van der Waals surface area contributed by atoms with Crippen molar-refractivity contribution >= 4 is 35.0 Å². The smallest absolute Gasteiger partial charge is 0.255 e. The number of carbonyl (C=O) groups excluding carboxylic acids is 1. The fraction of sp³-hybridized carbons (Fsp3) is 0.333. The van der Waals surface area contributed by atoms with Crippen LogP contribution in [0.3, 0.4) is 0 Å². The van der Waals surface area contributed by atoms with Crippen molar-refractivity contribution in [2.24, 2.45) is 0 Å². The highest BCUT2D eigenvalue weighted by atomic mass is 32.2. The van der Waals surface area contributed by atoms with E-state index in [0.717, 1.165) is 18.0 Å². The third-order valence-corrected chi connectivity index (χ3v) is 6.47. The largest absolute Gasteiger partial charge is 0.324 e. The number of hydrogen-bond acceptors (Lipinski definition) is 7. The minimum absolute atomic E-state index is 0.317. The second kappa shape index (κ2) is 14.1. The molecule has 2 N–H and O–H groups in total. The zero-order chi connectivity index (χ0) is 24.9. The molecule has 0 fully saturated rings. The highest BCUT2D eigenvalue weighted by Gasteiger charge is 2.08. The summed E-state index contributed by atoms with van der Waals surface area (Å²) >= 11 is 1.87. The van der Waals surface area contributed by atoms with Crippen molar-refractivity contribution in [3.8, 4) is 6.07 Å². The molecule has 0 aliphatic carbocycles. The summed E-state index contributed by atoms with van der Waals surface area (Å²) in [5.74, 6) is 1.23. The van der Waals surface area contributed by atoms with Gasteiger partial charge in [-0.1, -0.05) is 25.8 Å². The first kappa shape index (κ1) is 26.2. The maximum atomic E-state index is 12.4. The number of thioether (sulfide) groups is 1. The lowest BCUT2D eigenvalue weighted by Crippen LogP contribution is -2.21. The molecule has 2 aromatic carbocycles. The number of unbranched alkanes of at least 4 members (excludes halogenated alkanes) is 2. The van der Waals surface area contributed by atoms with Crippen molar-refractivity contribution in [2.45, 2.75) is 37.5 Å². The molecule has 182 valence electrons. The van der Waals surface area contributed by atoms with Crippen molar-refractivity contribution in [1.29, 1.82) is 5.26 Å². The molecule has 1 amide bonds. The molecule has 0 spiro atoms. The van der Waals surface area contributed by atoms with Gasteiger partial charge in [0.15, 0.2) is 0 Å². The van der Waals surface area contributed by atoms with E-state index in [2.05, 4.69) is 51.6 Å². The van der Waals surface area contributed by atoms with Gasteiger partial charge in [-0.15, -0.1) is 11.8 Å². The first-order valence-corrected chi connectivity index (χ1v) is 12.9. The van der Waals surface area contributed by atoms with Crippen molar-refractivity contribution < 1.29 is 4.79 Å². The molecule has 7 nitrogen and oxygen atoms in total. The van der Waals surface area contributed by atoms with Crippen LogP contribution in [0.1, 0.15) is 48.5 Å². The van der Waals surface area contributed by atoms with E-state index in [1.807, 2.05) is 30.0 Å². The van der Waals surface area contributed by atoms with Gasteiger partial charge in [0.2, 0.25) is 5.95 Å². The SMILES string of the molecule is CCCCCN(C)CCCSc1ccc(Nc2ncc(NC(=O)c3cccc(C#N)c3)cn2)cc1. The summed E-state index contributed by atoms with van der Waals surface area (Å²) in [4.78, 5) is 24.6. The summed E-state index contributed by atoms with van der Waals surface area (Å²) in [7, 11) is 2.21. The van der Waals surface area contributed by atoms with Crippen LogP contribution in [0.4, 0.5) is 17.3 Å². The molecule has 1 aromatic heterocycles. The van der Waals surface area contributed by atoms with Crippen LogP contribution in [0, 0.1) is 11.3 Å². The first-order valence-electron chi connectivity index (χ1n) is 11.9. The minimum Gasteiger partial charge on any atom is -0.324 e. The molecule has 0 bridgehead atoms. The fourth-order valence-corrected chi connectivity index (χ4v) is 4.26. The van der Waals surface area contributed by atoms with Crippen molar-refractivity contribution in [1.82, 2.24) is 14.9 Å². The van der Waals surface area contributed by atoms with Gasteiger partial charge in [0.1, 0.15) is 0 Å². The van der Waals surface area contributed by atoms with Crippen molar-refractivity contribution in [2.75, 3.05) is 36.5 Å². The van der Waals surface area contributed by atoms with E-state index < -0.39 is 0 Å². The topological polar surface area (TPSA) is 93.9 Å². The zero-order valence-corrected chi connectivity index (χ0v) is 21.1. The number of hydrogen-bond donors (Lipinski definition) is 2. The summed E-state index contributed by atoms with van der Waals surface area (Å²) in [5, 5.41) is 14.9. The van der Waals surface area contributed by atoms with Gasteiger partial charge in [-0.3, -0.25) is 4.79 Å². The minimum atomic E-state index is -0.317. The van der Waals surface area contributed by atoms with Crippen LogP contribution in [0.15, 0.2) is 65.8 Å². The molecule has 0 saturated carbocycles. The summed E-state index contributed by atoms with van der Waals surface area (Å²) in [6.45, 7) is 4.56. The van der Waals surface area contributed by atoms with Crippen LogP contribution in [0.25, 0.3) is 0 Å². The molecule has 0 aliphatic heterocycles. The van der Waals surface area contributed by atoms with Gasteiger partial charge < -0.3 is 15.5 Å². The maximum Gasteiger partial charge on any atom is 0.255 e. The molecule has 0 aliphatic rings. The van der Waals surface area contributed by atoms with Gasteiger partial charge in [-0.05, 0) is 81.2 Å². The summed E-state index contributed by atoms with van der Waals surface area (Å²) in [6, 6.07) is 16.8. The van der Waals surface area contributed by atoms with E-state index in [1.165, 1.54) is 37.1 Å². The van der Waals surface area contributed by atoms with Gasteiger partial charge in [0, 0.05) is 16.1 Å². The van der Waals surface area contributed by atoms with Crippen LogP contribution in [0.2, 0.25) is 0 Å². The average molecular weight is 489 g/mol. The zero-order valence-electron chi connectivity index (χ0n) is 20.3. The summed E-state index contributed by atoms with van der Waals surface area (Å²) < 4.78 is 0. The highest BCUT2D eigenvalue weighted by molar-refractivity contribution is 7.99. The van der Waals surface area contributed by atoms with Crippen molar-refractivity contribution in [3.63, 3.8) is 0 Å². The van der Waals surface area contributed by atoms with Gasteiger partial charge in [-0.25, -0.2) is 9.97 Å². The Hall–Kier alpha value is -3.41. The standard InChI is InChI=1S/C27H32N6OS/c1-3-4-5-14-33(2)15-7-16-35-25-12-10-23(11-13-25)32-27-29-19-24(20-30-27)31-26(34)22-9-6-8-21(17-22)18-28/h6,8-13,17,19-20H,3-5,7,14-16H2,1-2H3,(H,31,34)(H,29,30,32). The van der Waals surface area contributed by atoms with E-state index in [1.54, 1.807) is 36.7 Å². The number of aromatic nitrogens is 2. The van der Waals surface area contributed by atoms with Crippen molar-refractivity contribution in [3.05, 3.63) is 72.1 Å². The van der Waals surface area contributed by atoms with E-state index in [9.17, 15) is 4.79 Å². The van der Waals surface area contributed by atoms with Gasteiger partial charge in [0.25, 0.3) is 5.91 Å². The number of nitrogens with one attached hydrogen (secondary N) is 2. The summed E-state index contributed by atoms with van der Waals surface area (Å²) in [6.07, 6.45) is 8.13. The Balaban J connectivity index is 1.42. The Morgan fingerprint density at radius 3 is 2.49 bits per heavy atom. The number of rotatable bonds is 13. The Morgan fingerprint density at radius 1 is 1.03 bits per heavy atom. The monoisotopic (exact) mass is 488 g/mol. The number of nitrogens with zero attached hydrogens (tertiary/aromatic N) is 4. The lowest BCUT2D eigenvalue weighted by molar-refractivity contribution is 0.102. The van der Waals surface area contributed by atoms with Crippen LogP contribution < -0.4 is 10.6 Å². The molecule has 3 rings (SSSR count). The molecule has 35 heavy (non-hydrogen) atoms. The van der Waals surface area contributed by atoms with Gasteiger partial charge in [-0.2, -0.15) is 5.26 Å². The number of anilines is 3. The van der Waals surface area contributed by atoms with Crippen LogP contribution >= 0.6 is 11.8 Å². The first-order chi connectivity index (χ1) is 17.1. The Morgan fingerprint density at radius 2 is 1.77 bits per heavy atom. The van der Waals surface area contributed by atoms with E-state index in [-0.39, 0.29) is 5.91 Å². The predicted octanol–water partition coefficient (Wildman–Crippen LogP) is 5.95. The number of amides is 1. The van der Waals surface area contributed by atoms with E-state index in [4.69, 9.17) is 5.26 Å². The summed E-state index contributed by atoms with van der Waals surface area (Å²) in [5.41, 5.74) is 2.22. The Kier molecular flexibility index (Phi) is 10.6. The fourth-order valence-electron chi connectivity index (χ4n) is 3.42. The third-order valence-electron chi connectivity index (χ3n) is 5.37. The van der Waals surface area contributed by atoms with Crippen LogP contribution in [-0.4, -0.2) is 46.7 Å². The van der Waals surface area contributed by atoms with Gasteiger partial charge in [0.05, 0.1) is 29.7 Å². The number of carbonyl (C=O) groups is 1. The molecule has 0 saturated heterocycles. The molecule has 3 aromatic rings. The van der Waals surface area contributed by atoms with E-state index >= 15 is 0 Å². The van der Waals surface area contributed by atoms with Crippen LogP contribution in [0.5, 0.6) is 0 Å². The second-order valence-corrected chi connectivity index (χ2v) is 9.47.